The average molecular weight is 418 g/mol. The van der Waals surface area contributed by atoms with Gasteiger partial charge in [0.2, 0.25) is 5.91 Å². The van der Waals surface area contributed by atoms with E-state index in [0.717, 1.165) is 23.3 Å². The lowest BCUT2D eigenvalue weighted by atomic mass is 10.1. The van der Waals surface area contributed by atoms with Crippen LogP contribution in [0.1, 0.15) is 23.7 Å². The van der Waals surface area contributed by atoms with Crippen molar-refractivity contribution >= 4 is 35.1 Å². The minimum Gasteiger partial charge on any atom is -0.335 e. The summed E-state index contributed by atoms with van der Waals surface area (Å²) < 4.78 is 0. The highest BCUT2D eigenvalue weighted by molar-refractivity contribution is 8.00. The zero-order valence-corrected chi connectivity index (χ0v) is 17.2. The second-order valence-electron chi connectivity index (χ2n) is 7.16. The number of nitrogens with one attached hydrogen (secondary N) is 3. The lowest BCUT2D eigenvalue weighted by Gasteiger charge is -2.17. The van der Waals surface area contributed by atoms with Gasteiger partial charge in [-0.05, 0) is 54.8 Å². The Morgan fingerprint density at radius 2 is 1.33 bits per heavy atom. The third-order valence-electron chi connectivity index (χ3n) is 4.66. The van der Waals surface area contributed by atoms with E-state index >= 15 is 0 Å². The van der Waals surface area contributed by atoms with Crippen LogP contribution >= 0.6 is 11.8 Å². The number of benzene rings is 3. The van der Waals surface area contributed by atoms with Crippen molar-refractivity contribution in [1.29, 1.82) is 0 Å². The minimum atomic E-state index is -0.379. The number of urea groups is 1. The molecule has 1 fully saturated rings. The Hall–Kier alpha value is -3.25. The molecule has 0 aromatic heterocycles. The fraction of sp³-hybridized carbons (Fsp3) is 0.167. The fourth-order valence-electron chi connectivity index (χ4n) is 2.96. The molecule has 1 saturated carbocycles. The Bertz CT molecular complexity index is 990. The van der Waals surface area contributed by atoms with E-state index in [1.165, 1.54) is 11.8 Å². The van der Waals surface area contributed by atoms with E-state index in [9.17, 15) is 9.59 Å². The van der Waals surface area contributed by atoms with Gasteiger partial charge in [-0.1, -0.05) is 48.5 Å². The molecule has 0 bridgehead atoms. The predicted octanol–water partition coefficient (Wildman–Crippen LogP) is 5.44. The average Bonchev–Trinajstić information content (AvgIpc) is 3.58. The number of amides is 3. The van der Waals surface area contributed by atoms with Gasteiger partial charge >= 0.3 is 6.03 Å². The number of anilines is 2. The second kappa shape index (κ2) is 9.50. The molecule has 4 rings (SSSR count). The SMILES string of the molecule is O=C(Nc1ccc(NC(=O)C(Sc2ccccc2)c2ccccc2)cc1)NC1CC1. The summed E-state index contributed by atoms with van der Waals surface area (Å²) in [5.41, 5.74) is 2.31. The van der Waals surface area contributed by atoms with Crippen molar-refractivity contribution in [3.05, 3.63) is 90.5 Å². The zero-order chi connectivity index (χ0) is 20.8. The van der Waals surface area contributed by atoms with E-state index in [1.807, 2.05) is 60.7 Å². The summed E-state index contributed by atoms with van der Waals surface area (Å²) in [5.74, 6) is -0.0951. The number of carbonyl (C=O) groups excluding carboxylic acids is 2. The number of hydrogen-bond donors (Lipinski definition) is 3. The summed E-state index contributed by atoms with van der Waals surface area (Å²) >= 11 is 1.51. The Labute approximate surface area is 180 Å². The molecule has 0 heterocycles. The molecule has 1 aliphatic carbocycles. The second-order valence-corrected chi connectivity index (χ2v) is 8.34. The summed E-state index contributed by atoms with van der Waals surface area (Å²) in [6.45, 7) is 0. The molecule has 3 N–H and O–H groups in total. The molecular formula is C24H23N3O2S. The van der Waals surface area contributed by atoms with Crippen LogP contribution in [-0.2, 0) is 4.79 Å². The lowest BCUT2D eigenvalue weighted by molar-refractivity contribution is -0.115. The van der Waals surface area contributed by atoms with Crippen LogP contribution in [0.25, 0.3) is 0 Å². The highest BCUT2D eigenvalue weighted by Gasteiger charge is 2.23. The fourth-order valence-corrected chi connectivity index (χ4v) is 4.01. The van der Waals surface area contributed by atoms with E-state index in [2.05, 4.69) is 16.0 Å². The quantitative estimate of drug-likeness (QED) is 0.448. The molecule has 0 radical (unpaired) electrons. The molecule has 0 aliphatic heterocycles. The largest absolute Gasteiger partial charge is 0.335 e. The van der Waals surface area contributed by atoms with Crippen molar-refractivity contribution in [3.63, 3.8) is 0 Å². The zero-order valence-electron chi connectivity index (χ0n) is 16.4. The van der Waals surface area contributed by atoms with E-state index in [0.29, 0.717) is 17.4 Å². The molecule has 152 valence electrons. The first-order chi connectivity index (χ1) is 14.7. The van der Waals surface area contributed by atoms with Crippen molar-refractivity contribution in [1.82, 2.24) is 5.32 Å². The van der Waals surface area contributed by atoms with Crippen molar-refractivity contribution in [2.75, 3.05) is 10.6 Å². The molecule has 5 nitrogen and oxygen atoms in total. The molecule has 0 spiro atoms. The summed E-state index contributed by atoms with van der Waals surface area (Å²) in [6, 6.07) is 26.9. The van der Waals surface area contributed by atoms with Crippen LogP contribution in [0, 0.1) is 0 Å². The summed E-state index contributed by atoms with van der Waals surface area (Å²) in [6.07, 6.45) is 2.09. The number of thioether (sulfide) groups is 1. The molecule has 1 unspecified atom stereocenters. The Morgan fingerprint density at radius 3 is 1.93 bits per heavy atom. The van der Waals surface area contributed by atoms with Gasteiger partial charge in [0.1, 0.15) is 5.25 Å². The van der Waals surface area contributed by atoms with Crippen LogP contribution in [0.4, 0.5) is 16.2 Å². The normalized spacial score (nSPS) is 13.9. The van der Waals surface area contributed by atoms with Crippen LogP contribution < -0.4 is 16.0 Å². The highest BCUT2D eigenvalue weighted by atomic mass is 32.2. The van der Waals surface area contributed by atoms with Crippen LogP contribution in [-0.4, -0.2) is 18.0 Å². The third kappa shape index (κ3) is 5.64. The van der Waals surface area contributed by atoms with E-state index < -0.39 is 0 Å². The molecule has 6 heteroatoms. The molecule has 1 aliphatic rings. The van der Waals surface area contributed by atoms with Gasteiger partial charge in [-0.15, -0.1) is 11.8 Å². The first-order valence-corrected chi connectivity index (χ1v) is 10.8. The summed E-state index contributed by atoms with van der Waals surface area (Å²) in [7, 11) is 0. The first-order valence-electron chi connectivity index (χ1n) is 9.92. The number of carbonyl (C=O) groups is 2. The van der Waals surface area contributed by atoms with Crippen molar-refractivity contribution in [2.45, 2.75) is 29.0 Å². The predicted molar refractivity (Wildman–Crippen MR) is 122 cm³/mol. The van der Waals surface area contributed by atoms with Gasteiger partial charge in [-0.25, -0.2) is 4.79 Å². The van der Waals surface area contributed by atoms with Gasteiger partial charge < -0.3 is 16.0 Å². The van der Waals surface area contributed by atoms with E-state index in [1.54, 1.807) is 24.3 Å². The monoisotopic (exact) mass is 417 g/mol. The van der Waals surface area contributed by atoms with Crippen LogP contribution in [0.5, 0.6) is 0 Å². The van der Waals surface area contributed by atoms with Crippen LogP contribution in [0.3, 0.4) is 0 Å². The highest BCUT2D eigenvalue weighted by Crippen LogP contribution is 2.36. The molecule has 30 heavy (non-hydrogen) atoms. The summed E-state index contributed by atoms with van der Waals surface area (Å²) in [5, 5.41) is 8.31. The maximum atomic E-state index is 13.1. The van der Waals surface area contributed by atoms with Gasteiger partial charge in [0, 0.05) is 22.3 Å². The van der Waals surface area contributed by atoms with E-state index in [4.69, 9.17) is 0 Å². The van der Waals surface area contributed by atoms with Gasteiger partial charge in [0.05, 0.1) is 0 Å². The van der Waals surface area contributed by atoms with Crippen molar-refractivity contribution < 1.29 is 9.59 Å². The maximum absolute atomic E-state index is 13.1. The van der Waals surface area contributed by atoms with Gasteiger partial charge in [0.25, 0.3) is 0 Å². The Kier molecular flexibility index (Phi) is 6.35. The standard InChI is InChI=1S/C24H23N3O2S/c28-23(22(17-7-3-1-4-8-17)30-21-9-5-2-6-10-21)25-18-11-13-19(14-12-18)26-24(29)27-20-15-16-20/h1-14,20,22H,15-16H2,(H,25,28)(H2,26,27,29). The molecule has 3 aromatic carbocycles. The molecule has 0 saturated heterocycles. The minimum absolute atomic E-state index is 0.0951. The molecule has 3 amide bonds. The summed E-state index contributed by atoms with van der Waals surface area (Å²) in [4.78, 5) is 26.0. The van der Waals surface area contributed by atoms with Gasteiger partial charge in [0.15, 0.2) is 0 Å². The maximum Gasteiger partial charge on any atom is 0.319 e. The van der Waals surface area contributed by atoms with Crippen LogP contribution in [0.15, 0.2) is 89.8 Å². The molecule has 1 atom stereocenters. The van der Waals surface area contributed by atoms with Gasteiger partial charge in [-0.2, -0.15) is 0 Å². The van der Waals surface area contributed by atoms with E-state index in [-0.39, 0.29) is 17.2 Å². The topological polar surface area (TPSA) is 70.2 Å². The third-order valence-corrected chi connectivity index (χ3v) is 5.93. The smallest absolute Gasteiger partial charge is 0.319 e. The number of rotatable bonds is 7. The lowest BCUT2D eigenvalue weighted by Crippen LogP contribution is -2.30. The number of hydrogen-bond acceptors (Lipinski definition) is 3. The van der Waals surface area contributed by atoms with Crippen LogP contribution in [0.2, 0.25) is 0 Å². The molecular weight excluding hydrogens is 394 g/mol. The van der Waals surface area contributed by atoms with Crippen molar-refractivity contribution in [2.24, 2.45) is 0 Å². The molecule has 3 aromatic rings. The van der Waals surface area contributed by atoms with Gasteiger partial charge in [-0.3, -0.25) is 4.79 Å². The Morgan fingerprint density at radius 1 is 0.767 bits per heavy atom. The first kappa shape index (κ1) is 20.0. The Balaban J connectivity index is 1.43. The van der Waals surface area contributed by atoms with Crippen molar-refractivity contribution in [3.8, 4) is 0 Å².